The van der Waals surface area contributed by atoms with Crippen molar-refractivity contribution in [3.8, 4) is 21.8 Å². The zero-order valence-electron chi connectivity index (χ0n) is 17.5. The quantitative estimate of drug-likeness (QED) is 0.324. The Hall–Kier alpha value is -3.69. The standard InChI is InChI=1S/C23H18ClN3O5S/c1-12(16-5-3-4-6-17(16)24)31-23(30)26-19-13(2)32-27-20(19)14-7-9-15(10-8-14)21-25-11-18(33-21)22(28)29/h3-12H,1-2H3,(H,26,30)(H,28,29). The number of nitrogens with zero attached hydrogens (tertiary/aromatic N) is 2. The molecule has 1 atom stereocenters. The molecule has 0 bridgehead atoms. The van der Waals surface area contributed by atoms with Gasteiger partial charge in [0.25, 0.3) is 0 Å². The smallest absolute Gasteiger partial charge is 0.412 e. The summed E-state index contributed by atoms with van der Waals surface area (Å²) in [6.07, 6.45) is 0.0975. The normalized spacial score (nSPS) is 11.7. The van der Waals surface area contributed by atoms with Crippen LogP contribution in [-0.4, -0.2) is 27.3 Å². The molecule has 2 aromatic carbocycles. The molecule has 168 valence electrons. The largest absolute Gasteiger partial charge is 0.477 e. The maximum Gasteiger partial charge on any atom is 0.412 e. The van der Waals surface area contributed by atoms with E-state index in [0.29, 0.717) is 38.3 Å². The minimum Gasteiger partial charge on any atom is -0.477 e. The van der Waals surface area contributed by atoms with Gasteiger partial charge in [0, 0.05) is 21.7 Å². The predicted octanol–water partition coefficient (Wildman–Crippen LogP) is 6.43. The van der Waals surface area contributed by atoms with Crippen LogP contribution in [0.4, 0.5) is 10.5 Å². The van der Waals surface area contributed by atoms with Crippen molar-refractivity contribution >= 4 is 40.7 Å². The van der Waals surface area contributed by atoms with Gasteiger partial charge < -0.3 is 14.4 Å². The first-order valence-electron chi connectivity index (χ1n) is 9.81. The van der Waals surface area contributed by atoms with Crippen molar-refractivity contribution in [3.05, 3.63) is 76.0 Å². The topological polar surface area (TPSA) is 115 Å². The lowest BCUT2D eigenvalue weighted by Crippen LogP contribution is -2.17. The van der Waals surface area contributed by atoms with E-state index in [-0.39, 0.29) is 4.88 Å². The molecule has 0 fully saturated rings. The molecule has 8 nitrogen and oxygen atoms in total. The van der Waals surface area contributed by atoms with Gasteiger partial charge in [-0.15, -0.1) is 11.3 Å². The first-order valence-corrected chi connectivity index (χ1v) is 11.0. The van der Waals surface area contributed by atoms with Crippen molar-refractivity contribution in [2.75, 3.05) is 5.32 Å². The number of aromatic nitrogens is 2. The second-order valence-corrected chi connectivity index (χ2v) is 8.51. The lowest BCUT2D eigenvalue weighted by atomic mass is 10.1. The highest BCUT2D eigenvalue weighted by Crippen LogP contribution is 2.33. The lowest BCUT2D eigenvalue weighted by molar-refractivity contribution is 0.0701. The summed E-state index contributed by atoms with van der Waals surface area (Å²) in [6.45, 7) is 3.41. The molecule has 1 unspecified atom stereocenters. The van der Waals surface area contributed by atoms with Crippen LogP contribution in [0.1, 0.15) is 34.0 Å². The Labute approximate surface area is 197 Å². The van der Waals surface area contributed by atoms with Gasteiger partial charge in [-0.3, -0.25) is 5.32 Å². The third kappa shape index (κ3) is 4.89. The van der Waals surface area contributed by atoms with Crippen LogP contribution >= 0.6 is 22.9 Å². The van der Waals surface area contributed by atoms with E-state index in [2.05, 4.69) is 15.5 Å². The van der Waals surface area contributed by atoms with Gasteiger partial charge in [0.15, 0.2) is 5.76 Å². The molecule has 10 heteroatoms. The summed E-state index contributed by atoms with van der Waals surface area (Å²) in [5.41, 5.74) is 2.98. The van der Waals surface area contributed by atoms with Crippen LogP contribution in [0.3, 0.4) is 0 Å². The van der Waals surface area contributed by atoms with Crippen LogP contribution < -0.4 is 5.32 Å². The molecule has 4 aromatic rings. The molecular formula is C23H18ClN3O5S. The van der Waals surface area contributed by atoms with Crippen LogP contribution in [0, 0.1) is 6.92 Å². The highest BCUT2D eigenvalue weighted by molar-refractivity contribution is 7.16. The highest BCUT2D eigenvalue weighted by Gasteiger charge is 2.21. The van der Waals surface area contributed by atoms with Gasteiger partial charge >= 0.3 is 12.1 Å². The number of aromatic carboxylic acids is 1. The molecule has 0 radical (unpaired) electrons. The number of thiazole rings is 1. The maximum absolute atomic E-state index is 12.5. The first kappa shape index (κ1) is 22.5. The van der Waals surface area contributed by atoms with Gasteiger partial charge in [-0.25, -0.2) is 14.6 Å². The van der Waals surface area contributed by atoms with E-state index >= 15 is 0 Å². The van der Waals surface area contributed by atoms with Crippen LogP contribution in [0.5, 0.6) is 0 Å². The number of halogens is 1. The average molecular weight is 484 g/mol. The molecule has 2 aromatic heterocycles. The summed E-state index contributed by atoms with van der Waals surface area (Å²) in [5.74, 6) is -0.595. The minimum atomic E-state index is -1.01. The summed E-state index contributed by atoms with van der Waals surface area (Å²) < 4.78 is 10.8. The van der Waals surface area contributed by atoms with Crippen molar-refractivity contribution in [1.29, 1.82) is 0 Å². The molecule has 0 saturated carbocycles. The van der Waals surface area contributed by atoms with E-state index < -0.39 is 18.2 Å². The van der Waals surface area contributed by atoms with Gasteiger partial charge in [0.05, 0.1) is 6.20 Å². The highest BCUT2D eigenvalue weighted by atomic mass is 35.5. The first-order chi connectivity index (χ1) is 15.8. The van der Waals surface area contributed by atoms with Crippen LogP contribution in [-0.2, 0) is 4.74 Å². The monoisotopic (exact) mass is 483 g/mol. The van der Waals surface area contributed by atoms with Gasteiger partial charge in [-0.2, -0.15) is 0 Å². The van der Waals surface area contributed by atoms with Crippen molar-refractivity contribution in [2.45, 2.75) is 20.0 Å². The van der Waals surface area contributed by atoms with E-state index in [1.807, 2.05) is 6.07 Å². The predicted molar refractivity (Wildman–Crippen MR) is 125 cm³/mol. The number of aryl methyl sites for hydroxylation is 1. The summed E-state index contributed by atoms with van der Waals surface area (Å²) >= 11 is 7.27. The molecule has 4 rings (SSSR count). The van der Waals surface area contributed by atoms with Crippen LogP contribution in [0.25, 0.3) is 21.8 Å². The Morgan fingerprint density at radius 2 is 1.85 bits per heavy atom. The van der Waals surface area contributed by atoms with Crippen molar-refractivity contribution in [1.82, 2.24) is 10.1 Å². The SMILES string of the molecule is Cc1onc(-c2ccc(-c3ncc(C(=O)O)s3)cc2)c1NC(=O)OC(C)c1ccccc1Cl. The zero-order chi connectivity index (χ0) is 23.5. The zero-order valence-corrected chi connectivity index (χ0v) is 19.1. The van der Waals surface area contributed by atoms with E-state index in [9.17, 15) is 9.59 Å². The molecule has 0 aliphatic carbocycles. The van der Waals surface area contributed by atoms with Crippen molar-refractivity contribution in [3.63, 3.8) is 0 Å². The van der Waals surface area contributed by atoms with Gasteiger partial charge in [0.1, 0.15) is 27.4 Å². The third-order valence-electron chi connectivity index (χ3n) is 4.84. The number of amides is 1. The fourth-order valence-corrected chi connectivity index (χ4v) is 4.20. The number of carbonyl (C=O) groups excluding carboxylic acids is 1. The van der Waals surface area contributed by atoms with E-state index in [1.165, 1.54) is 6.20 Å². The van der Waals surface area contributed by atoms with Crippen LogP contribution in [0.2, 0.25) is 5.02 Å². The molecular weight excluding hydrogens is 466 g/mol. The van der Waals surface area contributed by atoms with E-state index in [0.717, 1.165) is 16.9 Å². The van der Waals surface area contributed by atoms with Gasteiger partial charge in [-0.05, 0) is 19.9 Å². The van der Waals surface area contributed by atoms with E-state index in [1.54, 1.807) is 56.3 Å². The van der Waals surface area contributed by atoms with Crippen molar-refractivity contribution in [2.24, 2.45) is 0 Å². The molecule has 2 heterocycles. The second kappa shape index (κ2) is 9.43. The number of nitrogens with one attached hydrogen (secondary N) is 1. The molecule has 2 N–H and O–H groups in total. The third-order valence-corrected chi connectivity index (χ3v) is 6.22. The Morgan fingerprint density at radius 1 is 1.15 bits per heavy atom. The van der Waals surface area contributed by atoms with Crippen LogP contribution in [0.15, 0.2) is 59.3 Å². The van der Waals surface area contributed by atoms with Crippen molar-refractivity contribution < 1.29 is 24.0 Å². The number of ether oxygens (including phenoxy) is 1. The fourth-order valence-electron chi connectivity index (χ4n) is 3.15. The fraction of sp³-hybridized carbons (Fsp3) is 0.130. The number of hydrogen-bond acceptors (Lipinski definition) is 7. The lowest BCUT2D eigenvalue weighted by Gasteiger charge is -2.15. The summed E-state index contributed by atoms with van der Waals surface area (Å²) in [5, 5.41) is 16.9. The molecule has 0 aliphatic rings. The number of rotatable bonds is 6. The second-order valence-electron chi connectivity index (χ2n) is 7.07. The van der Waals surface area contributed by atoms with Gasteiger partial charge in [-0.1, -0.05) is 59.2 Å². The Morgan fingerprint density at radius 3 is 2.52 bits per heavy atom. The van der Waals surface area contributed by atoms with Gasteiger partial charge in [0.2, 0.25) is 0 Å². The average Bonchev–Trinajstić information content (AvgIpc) is 3.42. The number of carbonyl (C=O) groups is 2. The Bertz CT molecular complexity index is 1320. The molecule has 0 saturated heterocycles. The number of hydrogen-bond donors (Lipinski definition) is 2. The number of anilines is 1. The Kier molecular flexibility index (Phi) is 6.43. The number of carboxylic acids is 1. The number of benzene rings is 2. The molecule has 1 amide bonds. The molecule has 33 heavy (non-hydrogen) atoms. The number of carboxylic acid groups (broad SMARTS) is 1. The summed E-state index contributed by atoms with van der Waals surface area (Å²) in [6, 6.07) is 14.3. The summed E-state index contributed by atoms with van der Waals surface area (Å²) in [4.78, 5) is 27.9. The molecule has 0 spiro atoms. The maximum atomic E-state index is 12.5. The van der Waals surface area contributed by atoms with E-state index in [4.69, 9.17) is 26.0 Å². The minimum absolute atomic E-state index is 0.164. The Balaban J connectivity index is 1.51. The molecule has 0 aliphatic heterocycles. The summed E-state index contributed by atoms with van der Waals surface area (Å²) in [7, 11) is 0.